The molecular formula is C22H26N6O. The van der Waals surface area contributed by atoms with Gasteiger partial charge in [0, 0.05) is 12.2 Å². The Labute approximate surface area is 170 Å². The number of nitrogens with one attached hydrogen (secondary N) is 1. The van der Waals surface area contributed by atoms with Crippen LogP contribution in [-0.2, 0) is 6.54 Å². The number of hydrogen-bond acceptors (Lipinski definition) is 5. The van der Waals surface area contributed by atoms with Crippen molar-refractivity contribution in [3.63, 3.8) is 0 Å². The quantitative estimate of drug-likeness (QED) is 0.725. The third-order valence-electron chi connectivity index (χ3n) is 5.32. The molecule has 0 radical (unpaired) electrons. The van der Waals surface area contributed by atoms with E-state index in [4.69, 9.17) is 0 Å². The van der Waals surface area contributed by atoms with Crippen LogP contribution in [0.25, 0.3) is 5.69 Å². The van der Waals surface area contributed by atoms with Gasteiger partial charge in [-0.1, -0.05) is 29.0 Å². The van der Waals surface area contributed by atoms with Crippen molar-refractivity contribution in [3.05, 3.63) is 71.8 Å². The highest BCUT2D eigenvalue weighted by Crippen LogP contribution is 2.19. The molecule has 3 aromatic rings. The number of aromatic nitrogens is 4. The molecule has 0 spiro atoms. The first-order valence-electron chi connectivity index (χ1n) is 10.1. The third-order valence-corrected chi connectivity index (χ3v) is 5.32. The van der Waals surface area contributed by atoms with Crippen molar-refractivity contribution < 1.29 is 4.79 Å². The highest BCUT2D eigenvalue weighted by molar-refractivity contribution is 5.92. The fourth-order valence-corrected chi connectivity index (χ4v) is 3.68. The van der Waals surface area contributed by atoms with Crippen LogP contribution in [0.5, 0.6) is 0 Å². The largest absolute Gasteiger partial charge is 0.328 e. The number of pyridine rings is 1. The van der Waals surface area contributed by atoms with Crippen molar-refractivity contribution in [1.29, 1.82) is 0 Å². The molecule has 0 saturated carbocycles. The lowest BCUT2D eigenvalue weighted by Crippen LogP contribution is -2.40. The van der Waals surface area contributed by atoms with Gasteiger partial charge in [-0.3, -0.25) is 9.78 Å². The molecule has 3 heterocycles. The zero-order valence-electron chi connectivity index (χ0n) is 16.7. The van der Waals surface area contributed by atoms with Crippen molar-refractivity contribution in [3.8, 4) is 5.69 Å². The molecule has 0 aliphatic carbocycles. The van der Waals surface area contributed by atoms with Crippen LogP contribution in [0.1, 0.15) is 41.0 Å². The Morgan fingerprint density at radius 1 is 1.17 bits per heavy atom. The van der Waals surface area contributed by atoms with Gasteiger partial charge in [-0.15, -0.1) is 5.10 Å². The maximum atomic E-state index is 13.4. The standard InChI is InChI=1S/C22H26N6O/c1-17-7-9-20(10-8-17)28-16-21(25-26-28)22(29)27(15-18-5-2-3-13-24-18)19-6-4-12-23-14-11-19/h2-3,5,7-10,13,16,19,23H,4,6,11-12,14-15H2,1H3. The molecule has 4 rings (SSSR count). The molecule has 7 nitrogen and oxygen atoms in total. The van der Waals surface area contributed by atoms with E-state index < -0.39 is 0 Å². The van der Waals surface area contributed by atoms with Crippen LogP contribution >= 0.6 is 0 Å². The number of carbonyl (C=O) groups excluding carboxylic acids is 1. The number of benzene rings is 1. The lowest BCUT2D eigenvalue weighted by Gasteiger charge is -2.30. The topological polar surface area (TPSA) is 75.9 Å². The summed E-state index contributed by atoms with van der Waals surface area (Å²) in [5.74, 6) is -0.0964. The number of carbonyl (C=O) groups is 1. The predicted molar refractivity (Wildman–Crippen MR) is 111 cm³/mol. The summed E-state index contributed by atoms with van der Waals surface area (Å²) in [7, 11) is 0. The zero-order chi connectivity index (χ0) is 20.1. The summed E-state index contributed by atoms with van der Waals surface area (Å²) in [5, 5.41) is 11.8. The zero-order valence-corrected chi connectivity index (χ0v) is 16.7. The second kappa shape index (κ2) is 8.96. The fourth-order valence-electron chi connectivity index (χ4n) is 3.68. The molecule has 1 amide bonds. The van der Waals surface area contributed by atoms with Crippen molar-refractivity contribution in [2.75, 3.05) is 13.1 Å². The van der Waals surface area contributed by atoms with E-state index in [2.05, 4.69) is 20.6 Å². The Morgan fingerprint density at radius 3 is 2.83 bits per heavy atom. The van der Waals surface area contributed by atoms with Gasteiger partial charge in [-0.05, 0) is 63.5 Å². The Balaban J connectivity index is 1.59. The Bertz CT molecular complexity index is 929. The minimum atomic E-state index is -0.0964. The summed E-state index contributed by atoms with van der Waals surface area (Å²) in [5.41, 5.74) is 3.30. The van der Waals surface area contributed by atoms with Gasteiger partial charge in [0.05, 0.1) is 24.1 Å². The van der Waals surface area contributed by atoms with Crippen LogP contribution in [-0.4, -0.2) is 49.9 Å². The SMILES string of the molecule is Cc1ccc(-n2cc(C(=O)N(Cc3ccccn3)C3CCCNCC3)nn2)cc1. The first-order chi connectivity index (χ1) is 14.2. The van der Waals surface area contributed by atoms with Gasteiger partial charge in [0.15, 0.2) is 5.69 Å². The van der Waals surface area contributed by atoms with Gasteiger partial charge in [0.2, 0.25) is 0 Å². The first kappa shape index (κ1) is 19.3. The van der Waals surface area contributed by atoms with E-state index in [-0.39, 0.29) is 11.9 Å². The van der Waals surface area contributed by atoms with Crippen molar-refractivity contribution in [1.82, 2.24) is 30.2 Å². The Morgan fingerprint density at radius 2 is 2.03 bits per heavy atom. The van der Waals surface area contributed by atoms with Crippen LogP contribution in [0, 0.1) is 6.92 Å². The van der Waals surface area contributed by atoms with E-state index in [9.17, 15) is 4.79 Å². The van der Waals surface area contributed by atoms with E-state index in [1.807, 2.05) is 54.3 Å². The van der Waals surface area contributed by atoms with E-state index in [1.165, 1.54) is 5.56 Å². The van der Waals surface area contributed by atoms with Crippen molar-refractivity contribution in [2.45, 2.75) is 38.8 Å². The normalized spacial score (nSPS) is 16.9. The monoisotopic (exact) mass is 390 g/mol. The lowest BCUT2D eigenvalue weighted by molar-refractivity contribution is 0.0636. The predicted octanol–water partition coefficient (Wildman–Crippen LogP) is 2.76. The van der Waals surface area contributed by atoms with Crippen molar-refractivity contribution in [2.24, 2.45) is 0 Å². The van der Waals surface area contributed by atoms with Gasteiger partial charge in [-0.25, -0.2) is 4.68 Å². The molecule has 7 heteroatoms. The number of rotatable bonds is 5. The van der Waals surface area contributed by atoms with Crippen LogP contribution < -0.4 is 5.32 Å². The Kier molecular flexibility index (Phi) is 5.95. The molecule has 1 aliphatic heterocycles. The van der Waals surface area contributed by atoms with Crippen LogP contribution in [0.3, 0.4) is 0 Å². The number of hydrogen-bond donors (Lipinski definition) is 1. The molecule has 1 fully saturated rings. The lowest BCUT2D eigenvalue weighted by atomic mass is 10.1. The fraction of sp³-hybridized carbons (Fsp3) is 0.364. The molecule has 150 valence electrons. The number of aryl methyl sites for hydroxylation is 1. The minimum absolute atomic E-state index is 0.0964. The second-order valence-corrected chi connectivity index (χ2v) is 7.47. The van der Waals surface area contributed by atoms with Gasteiger partial charge < -0.3 is 10.2 Å². The van der Waals surface area contributed by atoms with Gasteiger partial charge in [-0.2, -0.15) is 0 Å². The molecule has 1 aromatic carbocycles. The summed E-state index contributed by atoms with van der Waals surface area (Å²) in [6.07, 6.45) is 6.42. The minimum Gasteiger partial charge on any atom is -0.328 e. The van der Waals surface area contributed by atoms with Crippen LogP contribution in [0.15, 0.2) is 54.9 Å². The van der Waals surface area contributed by atoms with E-state index in [1.54, 1.807) is 17.1 Å². The number of nitrogens with zero attached hydrogens (tertiary/aromatic N) is 5. The molecular weight excluding hydrogens is 364 g/mol. The summed E-state index contributed by atoms with van der Waals surface area (Å²) >= 11 is 0. The number of amides is 1. The highest BCUT2D eigenvalue weighted by Gasteiger charge is 2.28. The van der Waals surface area contributed by atoms with E-state index in [0.29, 0.717) is 12.2 Å². The average molecular weight is 390 g/mol. The summed E-state index contributed by atoms with van der Waals surface area (Å²) in [4.78, 5) is 19.8. The molecule has 1 saturated heterocycles. The van der Waals surface area contributed by atoms with E-state index in [0.717, 1.165) is 43.7 Å². The molecule has 2 aromatic heterocycles. The van der Waals surface area contributed by atoms with Crippen LogP contribution in [0.2, 0.25) is 0 Å². The van der Waals surface area contributed by atoms with Gasteiger partial charge in [0.25, 0.3) is 5.91 Å². The summed E-state index contributed by atoms with van der Waals surface area (Å²) in [6.45, 7) is 4.41. The Hall–Kier alpha value is -3.06. The molecule has 29 heavy (non-hydrogen) atoms. The summed E-state index contributed by atoms with van der Waals surface area (Å²) in [6, 6.07) is 13.9. The van der Waals surface area contributed by atoms with Gasteiger partial charge >= 0.3 is 0 Å². The molecule has 1 atom stereocenters. The molecule has 1 unspecified atom stereocenters. The summed E-state index contributed by atoms with van der Waals surface area (Å²) < 4.78 is 1.65. The maximum Gasteiger partial charge on any atom is 0.276 e. The third kappa shape index (κ3) is 4.68. The van der Waals surface area contributed by atoms with Gasteiger partial charge in [0.1, 0.15) is 0 Å². The highest BCUT2D eigenvalue weighted by atomic mass is 16.2. The first-order valence-corrected chi connectivity index (χ1v) is 10.1. The average Bonchev–Trinajstić information content (AvgIpc) is 3.09. The second-order valence-electron chi connectivity index (χ2n) is 7.47. The molecule has 1 aliphatic rings. The maximum absolute atomic E-state index is 13.4. The smallest absolute Gasteiger partial charge is 0.276 e. The van der Waals surface area contributed by atoms with Crippen LogP contribution in [0.4, 0.5) is 0 Å². The molecule has 1 N–H and O–H groups in total. The van der Waals surface area contributed by atoms with Crippen molar-refractivity contribution >= 4 is 5.91 Å². The molecule has 0 bridgehead atoms. The van der Waals surface area contributed by atoms with E-state index >= 15 is 0 Å².